The lowest BCUT2D eigenvalue weighted by Gasteiger charge is -2.44. The monoisotopic (exact) mass is 319 g/mol. The second-order valence-corrected chi connectivity index (χ2v) is 6.96. The van der Waals surface area contributed by atoms with Gasteiger partial charge in [-0.1, -0.05) is 6.07 Å². The van der Waals surface area contributed by atoms with Crippen LogP contribution in [0.4, 0.5) is 0 Å². The van der Waals surface area contributed by atoms with Crippen molar-refractivity contribution < 1.29 is 4.74 Å². The van der Waals surface area contributed by atoms with Gasteiger partial charge in [0.2, 0.25) is 5.88 Å². The number of piperidine rings is 3. The van der Waals surface area contributed by atoms with Crippen LogP contribution < -0.4 is 4.74 Å². The molecule has 3 aromatic rings. The van der Waals surface area contributed by atoms with Crippen molar-refractivity contribution in [3.8, 4) is 17.0 Å². The number of nitrogens with one attached hydrogen (secondary N) is 1. The summed E-state index contributed by atoms with van der Waals surface area (Å²) in [7, 11) is 0. The van der Waals surface area contributed by atoms with Crippen LogP contribution in [-0.2, 0) is 0 Å². The number of aromatic nitrogens is 2. The van der Waals surface area contributed by atoms with Gasteiger partial charge in [-0.2, -0.15) is 0 Å². The Balaban J connectivity index is 1.35. The van der Waals surface area contributed by atoms with Crippen LogP contribution in [-0.4, -0.2) is 40.6 Å². The molecule has 0 spiro atoms. The average molecular weight is 319 g/mol. The van der Waals surface area contributed by atoms with Gasteiger partial charge in [-0.3, -0.25) is 4.90 Å². The van der Waals surface area contributed by atoms with Gasteiger partial charge in [-0.05, 0) is 67.1 Å². The van der Waals surface area contributed by atoms with Gasteiger partial charge < -0.3 is 9.72 Å². The van der Waals surface area contributed by atoms with Crippen molar-refractivity contribution in [1.29, 1.82) is 0 Å². The van der Waals surface area contributed by atoms with Crippen molar-refractivity contribution in [2.24, 2.45) is 5.92 Å². The third-order valence-electron chi connectivity index (χ3n) is 5.49. The van der Waals surface area contributed by atoms with Crippen molar-refractivity contribution in [2.75, 3.05) is 19.6 Å². The highest BCUT2D eigenvalue weighted by molar-refractivity contribution is 5.84. The van der Waals surface area contributed by atoms with Crippen LogP contribution in [0, 0.1) is 5.92 Å². The first-order chi connectivity index (χ1) is 11.8. The Morgan fingerprint density at radius 3 is 2.67 bits per heavy atom. The molecule has 4 nitrogen and oxygen atoms in total. The molecule has 3 aliphatic heterocycles. The minimum atomic E-state index is 0.307. The first-order valence-corrected chi connectivity index (χ1v) is 8.78. The van der Waals surface area contributed by atoms with Gasteiger partial charge in [0.1, 0.15) is 6.10 Å². The lowest BCUT2D eigenvalue weighted by Crippen LogP contribution is -2.52. The van der Waals surface area contributed by atoms with Gasteiger partial charge in [-0.15, -0.1) is 0 Å². The summed E-state index contributed by atoms with van der Waals surface area (Å²) in [5, 5.41) is 1.22. The number of benzene rings is 1. The van der Waals surface area contributed by atoms with E-state index in [-0.39, 0.29) is 0 Å². The van der Waals surface area contributed by atoms with Crippen LogP contribution in [0.5, 0.6) is 5.88 Å². The van der Waals surface area contributed by atoms with Gasteiger partial charge in [0.05, 0.1) is 0 Å². The first-order valence-electron chi connectivity index (χ1n) is 8.78. The maximum atomic E-state index is 6.18. The maximum absolute atomic E-state index is 6.18. The molecule has 122 valence electrons. The van der Waals surface area contributed by atoms with Gasteiger partial charge in [0.15, 0.2) is 0 Å². The van der Waals surface area contributed by atoms with E-state index >= 15 is 0 Å². The van der Waals surface area contributed by atoms with Crippen LogP contribution in [0.1, 0.15) is 12.8 Å². The third-order valence-corrected chi connectivity index (χ3v) is 5.49. The van der Waals surface area contributed by atoms with E-state index in [0.29, 0.717) is 12.0 Å². The molecule has 6 rings (SSSR count). The third kappa shape index (κ3) is 2.47. The fourth-order valence-electron chi connectivity index (χ4n) is 4.05. The predicted molar refractivity (Wildman–Crippen MR) is 95.1 cm³/mol. The van der Waals surface area contributed by atoms with Gasteiger partial charge in [0, 0.05) is 36.1 Å². The van der Waals surface area contributed by atoms with Crippen LogP contribution in [0.2, 0.25) is 0 Å². The normalized spacial score (nSPS) is 25.9. The summed E-state index contributed by atoms with van der Waals surface area (Å²) in [5.41, 5.74) is 3.47. The molecule has 0 amide bonds. The molecular weight excluding hydrogens is 298 g/mol. The van der Waals surface area contributed by atoms with E-state index in [0.717, 1.165) is 23.5 Å². The molecule has 0 aliphatic carbocycles. The molecule has 5 heterocycles. The Morgan fingerprint density at radius 2 is 1.92 bits per heavy atom. The van der Waals surface area contributed by atoms with E-state index in [1.165, 1.54) is 36.9 Å². The highest BCUT2D eigenvalue weighted by Crippen LogP contribution is 2.31. The maximum Gasteiger partial charge on any atom is 0.213 e. The van der Waals surface area contributed by atoms with Gasteiger partial charge in [-0.25, -0.2) is 4.98 Å². The smallest absolute Gasteiger partial charge is 0.213 e. The SMILES string of the molecule is c1cc2cc(-c3ccc(O[C@H]4CN5CCC4CC5)nc3)ccc2[nH]1. The van der Waals surface area contributed by atoms with Crippen LogP contribution in [0.15, 0.2) is 48.8 Å². The molecule has 0 saturated carbocycles. The Labute approximate surface area is 141 Å². The van der Waals surface area contributed by atoms with E-state index in [1.54, 1.807) is 0 Å². The zero-order valence-corrected chi connectivity index (χ0v) is 13.6. The molecule has 1 aromatic carbocycles. The van der Waals surface area contributed by atoms with E-state index in [1.807, 2.05) is 18.5 Å². The molecule has 24 heavy (non-hydrogen) atoms. The number of pyridine rings is 1. The van der Waals surface area contributed by atoms with Crippen molar-refractivity contribution >= 4 is 10.9 Å². The molecule has 1 atom stereocenters. The predicted octanol–water partition coefficient (Wildman–Crippen LogP) is 3.70. The Kier molecular flexibility index (Phi) is 3.30. The zero-order valence-electron chi connectivity index (χ0n) is 13.6. The summed E-state index contributed by atoms with van der Waals surface area (Å²) in [4.78, 5) is 10.3. The van der Waals surface area contributed by atoms with Gasteiger partial charge >= 0.3 is 0 Å². The molecule has 0 unspecified atom stereocenters. The van der Waals surface area contributed by atoms with Crippen LogP contribution in [0.3, 0.4) is 0 Å². The molecule has 2 aromatic heterocycles. The fraction of sp³-hybridized carbons (Fsp3) is 0.350. The second kappa shape index (κ2) is 5.64. The Hall–Kier alpha value is -2.33. The molecule has 2 bridgehead atoms. The Bertz CT molecular complexity index is 847. The number of fused-ring (bicyclic) bond motifs is 4. The molecule has 3 aliphatic rings. The standard InChI is InChI=1S/C20H21N3O/c1-3-18-16(5-8-21-18)11-15(1)17-2-4-20(22-12-17)24-19-13-23-9-6-14(19)7-10-23/h1-5,8,11-12,14,19,21H,6-7,9-10,13H2/t19-/m0/s1. The van der Waals surface area contributed by atoms with Crippen molar-refractivity contribution in [3.05, 3.63) is 48.8 Å². The van der Waals surface area contributed by atoms with Gasteiger partial charge in [0.25, 0.3) is 0 Å². The van der Waals surface area contributed by atoms with E-state index in [2.05, 4.69) is 45.2 Å². The van der Waals surface area contributed by atoms with Crippen LogP contribution >= 0.6 is 0 Å². The molecule has 3 fully saturated rings. The number of hydrogen-bond donors (Lipinski definition) is 1. The largest absolute Gasteiger partial charge is 0.473 e. The summed E-state index contributed by atoms with van der Waals surface area (Å²) in [6.45, 7) is 3.52. The summed E-state index contributed by atoms with van der Waals surface area (Å²) in [6.07, 6.45) is 6.73. The fourth-order valence-corrected chi connectivity index (χ4v) is 4.05. The number of rotatable bonds is 3. The number of ether oxygens (including phenoxy) is 1. The molecule has 3 saturated heterocycles. The molecule has 4 heteroatoms. The first kappa shape index (κ1) is 14.1. The number of H-pyrrole nitrogens is 1. The van der Waals surface area contributed by atoms with Crippen molar-refractivity contribution in [1.82, 2.24) is 14.9 Å². The number of nitrogens with zero attached hydrogens (tertiary/aromatic N) is 2. The molecule has 1 N–H and O–H groups in total. The Morgan fingerprint density at radius 1 is 1.04 bits per heavy atom. The highest BCUT2D eigenvalue weighted by Gasteiger charge is 2.35. The summed E-state index contributed by atoms with van der Waals surface area (Å²) in [5.74, 6) is 1.45. The zero-order chi connectivity index (χ0) is 15.9. The second-order valence-electron chi connectivity index (χ2n) is 6.96. The quantitative estimate of drug-likeness (QED) is 0.800. The number of hydrogen-bond acceptors (Lipinski definition) is 3. The van der Waals surface area contributed by atoms with Crippen molar-refractivity contribution in [2.45, 2.75) is 18.9 Å². The minimum absolute atomic E-state index is 0.307. The number of aromatic amines is 1. The topological polar surface area (TPSA) is 41.1 Å². The lowest BCUT2D eigenvalue weighted by atomic mass is 9.86. The van der Waals surface area contributed by atoms with E-state index in [9.17, 15) is 0 Å². The summed E-state index contributed by atoms with van der Waals surface area (Å²) >= 11 is 0. The van der Waals surface area contributed by atoms with E-state index < -0.39 is 0 Å². The summed E-state index contributed by atoms with van der Waals surface area (Å²) in [6, 6.07) is 12.6. The van der Waals surface area contributed by atoms with Crippen molar-refractivity contribution in [3.63, 3.8) is 0 Å². The lowest BCUT2D eigenvalue weighted by molar-refractivity contribution is -0.00992. The average Bonchev–Trinajstić information content (AvgIpc) is 3.11. The summed E-state index contributed by atoms with van der Waals surface area (Å²) < 4.78 is 6.18. The highest BCUT2D eigenvalue weighted by atomic mass is 16.5. The molecular formula is C20H21N3O. The molecule has 0 radical (unpaired) electrons. The van der Waals surface area contributed by atoms with Crippen LogP contribution in [0.25, 0.3) is 22.0 Å². The minimum Gasteiger partial charge on any atom is -0.473 e. The van der Waals surface area contributed by atoms with E-state index in [4.69, 9.17) is 4.74 Å².